The van der Waals surface area contributed by atoms with E-state index in [9.17, 15) is 22.4 Å². The lowest BCUT2D eigenvalue weighted by molar-refractivity contribution is -0.140. The number of nitrogens with zero attached hydrogens (tertiary/aromatic N) is 2. The van der Waals surface area contributed by atoms with Gasteiger partial charge in [0.05, 0.1) is 10.6 Å². The number of carbonyl (C=O) groups is 2. The second kappa shape index (κ2) is 15.2. The average molecular weight is 642 g/mol. The molecule has 0 radical (unpaired) electrons. The number of hydrogen-bond acceptors (Lipinski definition) is 4. The zero-order chi connectivity index (χ0) is 32.5. The van der Waals surface area contributed by atoms with Gasteiger partial charge in [0.25, 0.3) is 10.0 Å². The van der Waals surface area contributed by atoms with E-state index in [4.69, 9.17) is 0 Å². The van der Waals surface area contributed by atoms with Gasteiger partial charge in [-0.1, -0.05) is 97.6 Å². The van der Waals surface area contributed by atoms with E-state index in [-0.39, 0.29) is 35.5 Å². The first-order valence-electron chi connectivity index (χ1n) is 15.7. The quantitative estimate of drug-likeness (QED) is 0.194. The van der Waals surface area contributed by atoms with E-state index in [0.29, 0.717) is 0 Å². The number of carbonyl (C=O) groups excluding carboxylic acids is 2. The van der Waals surface area contributed by atoms with Gasteiger partial charge in [0.2, 0.25) is 11.8 Å². The van der Waals surface area contributed by atoms with Crippen molar-refractivity contribution in [1.29, 1.82) is 0 Å². The predicted octanol–water partition coefficient (Wildman–Crippen LogP) is 6.42. The molecular weight excluding hydrogens is 601 g/mol. The highest BCUT2D eigenvalue weighted by molar-refractivity contribution is 7.92. The van der Waals surface area contributed by atoms with Gasteiger partial charge in [-0.15, -0.1) is 0 Å². The highest BCUT2D eigenvalue weighted by Gasteiger charge is 2.35. The molecule has 0 spiro atoms. The summed E-state index contributed by atoms with van der Waals surface area (Å²) < 4.78 is 42.8. The molecule has 5 rings (SSSR count). The topological polar surface area (TPSA) is 86.8 Å². The minimum absolute atomic E-state index is 0.0233. The van der Waals surface area contributed by atoms with Crippen LogP contribution >= 0.6 is 0 Å². The molecule has 7 nitrogen and oxygen atoms in total. The van der Waals surface area contributed by atoms with Crippen molar-refractivity contribution in [3.8, 4) is 0 Å². The second-order valence-corrected chi connectivity index (χ2v) is 13.7. The summed E-state index contributed by atoms with van der Waals surface area (Å²) in [5, 5.41) is 3.22. The van der Waals surface area contributed by atoms with Crippen molar-refractivity contribution in [1.82, 2.24) is 10.2 Å². The fourth-order valence-electron chi connectivity index (χ4n) is 5.96. The number of amides is 2. The molecule has 1 aliphatic rings. The number of anilines is 1. The Bertz CT molecular complexity index is 1710. The summed E-state index contributed by atoms with van der Waals surface area (Å²) in [6.07, 6.45) is 5.23. The van der Waals surface area contributed by atoms with Crippen LogP contribution in [0.2, 0.25) is 0 Å². The summed E-state index contributed by atoms with van der Waals surface area (Å²) >= 11 is 0. The maximum atomic E-state index is 14.6. The summed E-state index contributed by atoms with van der Waals surface area (Å²) in [6.45, 7) is 1.51. The normalized spacial score (nSPS) is 14.3. The summed E-state index contributed by atoms with van der Waals surface area (Å²) in [7, 11) is -4.29. The lowest BCUT2D eigenvalue weighted by Gasteiger charge is -2.35. The molecule has 1 atom stereocenters. The van der Waals surface area contributed by atoms with Crippen LogP contribution in [0.4, 0.5) is 10.1 Å². The van der Waals surface area contributed by atoms with Crippen molar-refractivity contribution >= 4 is 27.5 Å². The maximum absolute atomic E-state index is 14.6. The van der Waals surface area contributed by atoms with Gasteiger partial charge in [0.1, 0.15) is 18.4 Å². The van der Waals surface area contributed by atoms with Gasteiger partial charge in [-0.05, 0) is 67.3 Å². The first-order chi connectivity index (χ1) is 22.2. The minimum Gasteiger partial charge on any atom is -0.352 e. The SMILES string of the molecule is Cc1cccc(CN(C(=O)CN(c2ccccc2)S(=O)(=O)c2ccc(F)cc2)C(Cc2ccccc2)C(=O)NC2CCCCC2)c1. The number of halogens is 1. The van der Waals surface area contributed by atoms with Crippen molar-refractivity contribution in [3.63, 3.8) is 0 Å². The van der Waals surface area contributed by atoms with Crippen LogP contribution in [0.1, 0.15) is 48.8 Å². The van der Waals surface area contributed by atoms with Gasteiger partial charge in [-0.25, -0.2) is 12.8 Å². The largest absolute Gasteiger partial charge is 0.352 e. The lowest BCUT2D eigenvalue weighted by Crippen LogP contribution is -2.55. The number of nitrogens with one attached hydrogen (secondary N) is 1. The Morgan fingerprint density at radius 1 is 0.826 bits per heavy atom. The van der Waals surface area contributed by atoms with Crippen LogP contribution in [0.15, 0.2) is 114 Å². The van der Waals surface area contributed by atoms with E-state index >= 15 is 0 Å². The van der Waals surface area contributed by atoms with Crippen LogP contribution in [-0.2, 0) is 32.6 Å². The van der Waals surface area contributed by atoms with E-state index in [2.05, 4.69) is 5.32 Å². The predicted molar refractivity (Wildman–Crippen MR) is 178 cm³/mol. The van der Waals surface area contributed by atoms with Crippen molar-refractivity contribution in [2.75, 3.05) is 10.8 Å². The van der Waals surface area contributed by atoms with Crippen molar-refractivity contribution in [2.24, 2.45) is 0 Å². The molecule has 0 heterocycles. The zero-order valence-corrected chi connectivity index (χ0v) is 26.8. The number of aryl methyl sites for hydroxylation is 1. The van der Waals surface area contributed by atoms with E-state index < -0.39 is 34.3 Å². The van der Waals surface area contributed by atoms with E-state index in [1.54, 1.807) is 30.3 Å². The summed E-state index contributed by atoms with van der Waals surface area (Å²) in [4.78, 5) is 30.1. The van der Waals surface area contributed by atoms with Gasteiger partial charge >= 0.3 is 0 Å². The van der Waals surface area contributed by atoms with Crippen molar-refractivity contribution < 1.29 is 22.4 Å². The van der Waals surface area contributed by atoms with Crippen LogP contribution in [-0.4, -0.2) is 43.8 Å². The minimum atomic E-state index is -4.29. The molecule has 1 unspecified atom stereocenters. The van der Waals surface area contributed by atoms with E-state index in [1.165, 1.54) is 17.0 Å². The Morgan fingerprint density at radius 3 is 2.11 bits per heavy atom. The first kappa shape index (κ1) is 32.9. The molecule has 0 bridgehead atoms. The first-order valence-corrected chi connectivity index (χ1v) is 17.2. The summed E-state index contributed by atoms with van der Waals surface area (Å²) in [6, 6.07) is 29.2. The van der Waals surface area contributed by atoms with Crippen molar-refractivity contribution in [2.45, 2.75) is 69.0 Å². The Morgan fingerprint density at radius 2 is 1.46 bits per heavy atom. The average Bonchev–Trinajstić information content (AvgIpc) is 3.06. The molecule has 0 aliphatic heterocycles. The number of hydrogen-bond donors (Lipinski definition) is 1. The molecule has 1 fully saturated rings. The van der Waals surface area contributed by atoms with Crippen LogP contribution in [0.5, 0.6) is 0 Å². The van der Waals surface area contributed by atoms with Crippen molar-refractivity contribution in [3.05, 3.63) is 132 Å². The van der Waals surface area contributed by atoms with Gasteiger partial charge < -0.3 is 10.2 Å². The molecule has 9 heteroatoms. The van der Waals surface area contributed by atoms with Gasteiger partial charge in [0, 0.05) is 19.0 Å². The second-order valence-electron chi connectivity index (χ2n) is 11.9. The molecule has 2 amide bonds. The van der Waals surface area contributed by atoms with Crippen LogP contribution in [0.25, 0.3) is 0 Å². The number of rotatable bonds is 12. The highest BCUT2D eigenvalue weighted by atomic mass is 32.2. The highest BCUT2D eigenvalue weighted by Crippen LogP contribution is 2.26. The fourth-order valence-corrected chi connectivity index (χ4v) is 7.38. The third kappa shape index (κ3) is 8.40. The van der Waals surface area contributed by atoms with Crippen LogP contribution in [0, 0.1) is 12.7 Å². The zero-order valence-electron chi connectivity index (χ0n) is 26.0. The number of benzene rings is 4. The van der Waals surface area contributed by atoms with E-state index in [0.717, 1.165) is 65.2 Å². The molecule has 1 N–H and O–H groups in total. The molecule has 0 saturated heterocycles. The molecule has 240 valence electrons. The molecule has 4 aromatic carbocycles. The Balaban J connectivity index is 1.55. The third-order valence-corrected chi connectivity index (χ3v) is 10.2. The van der Waals surface area contributed by atoms with Gasteiger partial charge in [0.15, 0.2) is 0 Å². The third-order valence-electron chi connectivity index (χ3n) is 8.38. The van der Waals surface area contributed by atoms with Gasteiger partial charge in [-0.3, -0.25) is 13.9 Å². The van der Waals surface area contributed by atoms with Crippen LogP contribution < -0.4 is 9.62 Å². The molecule has 0 aromatic heterocycles. The lowest BCUT2D eigenvalue weighted by atomic mass is 9.94. The van der Waals surface area contributed by atoms with Gasteiger partial charge in [-0.2, -0.15) is 0 Å². The Hall–Kier alpha value is -4.50. The molecule has 4 aromatic rings. The standard InChI is InChI=1S/C37H40FN3O4S/c1-28-12-11-15-30(24-28)26-40(35(25-29-13-5-2-6-14-29)37(43)39-32-16-7-3-8-17-32)36(42)27-41(33-18-9-4-10-19-33)46(44,45)34-22-20-31(38)21-23-34/h2,4-6,9-15,18-24,32,35H,3,7-8,16-17,25-27H2,1H3,(H,39,43). The maximum Gasteiger partial charge on any atom is 0.264 e. The van der Waals surface area contributed by atoms with E-state index in [1.807, 2.05) is 61.5 Å². The molecule has 1 saturated carbocycles. The van der Waals surface area contributed by atoms with Crippen LogP contribution in [0.3, 0.4) is 0 Å². The molecular formula is C37H40FN3O4S. The molecule has 1 aliphatic carbocycles. The number of para-hydroxylation sites is 1. The summed E-state index contributed by atoms with van der Waals surface area (Å²) in [5.74, 6) is -1.36. The smallest absolute Gasteiger partial charge is 0.264 e. The number of sulfonamides is 1. The monoisotopic (exact) mass is 641 g/mol. The Labute approximate surface area is 271 Å². The fraction of sp³-hybridized carbons (Fsp3) is 0.297. The summed E-state index contributed by atoms with van der Waals surface area (Å²) in [5.41, 5.74) is 2.99. The Kier molecular flexibility index (Phi) is 10.9. The molecule has 46 heavy (non-hydrogen) atoms.